The molecule has 22 heavy (non-hydrogen) atoms. The fraction of sp³-hybridized carbons (Fsp3) is 0.571. The summed E-state index contributed by atoms with van der Waals surface area (Å²) in [6.07, 6.45) is -3.51. The summed E-state index contributed by atoms with van der Waals surface area (Å²) in [6, 6.07) is 4.25. The lowest BCUT2D eigenvalue weighted by molar-refractivity contribution is -0.137. The Bertz CT molecular complexity index is 466. The van der Waals surface area contributed by atoms with E-state index in [-0.39, 0.29) is 30.9 Å². The van der Waals surface area contributed by atoms with Crippen LogP contribution in [0, 0.1) is 0 Å². The molecule has 2 nitrogen and oxygen atoms in total. The highest BCUT2D eigenvalue weighted by atomic mass is 79.9. The summed E-state index contributed by atoms with van der Waals surface area (Å²) in [4.78, 5) is 2.25. The van der Waals surface area contributed by atoms with Crippen molar-refractivity contribution in [2.75, 3.05) is 26.2 Å². The van der Waals surface area contributed by atoms with Crippen molar-refractivity contribution in [3.8, 4) is 0 Å². The zero-order chi connectivity index (χ0) is 14.8. The number of nitrogens with zero attached hydrogens (tertiary/aromatic N) is 1. The van der Waals surface area contributed by atoms with E-state index in [0.29, 0.717) is 4.47 Å². The summed E-state index contributed by atoms with van der Waals surface area (Å²) >= 11 is 3.20. The van der Waals surface area contributed by atoms with Gasteiger partial charge in [0, 0.05) is 36.7 Å². The Hall–Kier alpha value is -0.0100. The van der Waals surface area contributed by atoms with Gasteiger partial charge in [0.15, 0.2) is 0 Å². The molecular formula is C14H20BrCl2F3N2. The maximum Gasteiger partial charge on any atom is 0.416 e. The van der Waals surface area contributed by atoms with E-state index in [2.05, 4.69) is 26.1 Å². The molecule has 1 aliphatic heterocycles. The smallest absolute Gasteiger partial charge is 0.314 e. The predicted octanol–water partition coefficient (Wildman–Crippen LogP) is 4.67. The molecule has 1 aromatic rings. The van der Waals surface area contributed by atoms with Gasteiger partial charge in [0.25, 0.3) is 0 Å². The largest absolute Gasteiger partial charge is 0.416 e. The summed E-state index contributed by atoms with van der Waals surface area (Å²) < 4.78 is 39.2. The van der Waals surface area contributed by atoms with Crippen molar-refractivity contribution < 1.29 is 13.2 Å². The Morgan fingerprint density at radius 2 is 1.77 bits per heavy atom. The van der Waals surface area contributed by atoms with Gasteiger partial charge < -0.3 is 5.32 Å². The van der Waals surface area contributed by atoms with Crippen molar-refractivity contribution in [2.24, 2.45) is 0 Å². The molecule has 0 aromatic heterocycles. The molecule has 2 rings (SSSR count). The van der Waals surface area contributed by atoms with Crippen LogP contribution in [0.1, 0.15) is 30.5 Å². The van der Waals surface area contributed by atoms with E-state index in [1.165, 1.54) is 6.07 Å². The summed E-state index contributed by atoms with van der Waals surface area (Å²) in [7, 11) is 0. The number of alkyl halides is 3. The van der Waals surface area contributed by atoms with Crippen LogP contribution in [0.15, 0.2) is 22.7 Å². The normalized spacial score (nSPS) is 17.3. The molecule has 0 amide bonds. The average molecular weight is 424 g/mol. The molecule has 1 aliphatic rings. The van der Waals surface area contributed by atoms with Gasteiger partial charge >= 0.3 is 6.18 Å². The molecule has 0 saturated carbocycles. The van der Waals surface area contributed by atoms with Gasteiger partial charge in [-0.25, -0.2) is 0 Å². The van der Waals surface area contributed by atoms with Crippen LogP contribution in [0.5, 0.6) is 0 Å². The molecule has 1 fully saturated rings. The van der Waals surface area contributed by atoms with Gasteiger partial charge in [-0.2, -0.15) is 13.2 Å². The number of hydrogen-bond acceptors (Lipinski definition) is 2. The van der Waals surface area contributed by atoms with E-state index in [1.807, 2.05) is 6.92 Å². The molecule has 0 unspecified atom stereocenters. The van der Waals surface area contributed by atoms with Crippen LogP contribution >= 0.6 is 40.7 Å². The highest BCUT2D eigenvalue weighted by molar-refractivity contribution is 9.10. The van der Waals surface area contributed by atoms with E-state index >= 15 is 0 Å². The van der Waals surface area contributed by atoms with Crippen molar-refractivity contribution in [2.45, 2.75) is 25.6 Å². The zero-order valence-electron chi connectivity index (χ0n) is 12.1. The summed E-state index contributed by atoms with van der Waals surface area (Å²) in [5.74, 6) is 0. The van der Waals surface area contributed by atoms with E-state index in [1.54, 1.807) is 6.07 Å². The topological polar surface area (TPSA) is 15.3 Å². The van der Waals surface area contributed by atoms with Crippen LogP contribution < -0.4 is 5.32 Å². The van der Waals surface area contributed by atoms with Crippen LogP contribution in [-0.2, 0) is 6.18 Å². The highest BCUT2D eigenvalue weighted by Crippen LogP contribution is 2.35. The van der Waals surface area contributed by atoms with Crippen LogP contribution in [0.2, 0.25) is 0 Å². The number of nitrogens with one attached hydrogen (secondary N) is 1. The van der Waals surface area contributed by atoms with Crippen molar-refractivity contribution in [1.29, 1.82) is 0 Å². The third-order valence-electron chi connectivity index (χ3n) is 3.61. The van der Waals surface area contributed by atoms with Gasteiger partial charge in [-0.1, -0.05) is 22.9 Å². The van der Waals surface area contributed by atoms with Gasteiger partial charge in [0.2, 0.25) is 0 Å². The average Bonchev–Trinajstić information content (AvgIpc) is 2.39. The summed E-state index contributed by atoms with van der Waals surface area (Å²) in [6.45, 7) is 5.52. The third-order valence-corrected chi connectivity index (χ3v) is 4.07. The highest BCUT2D eigenvalue weighted by Gasteiger charge is 2.32. The first-order chi connectivity index (χ1) is 9.41. The fourth-order valence-corrected chi connectivity index (χ4v) is 3.18. The van der Waals surface area contributed by atoms with Crippen LogP contribution in [-0.4, -0.2) is 31.1 Å². The fourth-order valence-electron chi connectivity index (χ4n) is 2.67. The molecular weight excluding hydrogens is 404 g/mol. The Morgan fingerprint density at radius 1 is 1.18 bits per heavy atom. The van der Waals surface area contributed by atoms with Crippen LogP contribution in [0.3, 0.4) is 0 Å². The Balaban J connectivity index is 0.00000220. The minimum atomic E-state index is -4.31. The lowest BCUT2D eigenvalue weighted by atomic mass is 9.99. The van der Waals surface area contributed by atoms with Gasteiger partial charge in [-0.3, -0.25) is 4.90 Å². The molecule has 8 heteroatoms. The minimum Gasteiger partial charge on any atom is -0.314 e. The van der Waals surface area contributed by atoms with Gasteiger partial charge in [0.1, 0.15) is 0 Å². The first kappa shape index (κ1) is 22.0. The van der Waals surface area contributed by atoms with Crippen molar-refractivity contribution in [1.82, 2.24) is 10.2 Å². The van der Waals surface area contributed by atoms with E-state index in [9.17, 15) is 13.2 Å². The Kier molecular flexibility index (Phi) is 9.32. The van der Waals surface area contributed by atoms with Crippen LogP contribution in [0.4, 0.5) is 13.2 Å². The second-order valence-electron chi connectivity index (χ2n) is 4.98. The van der Waals surface area contributed by atoms with Crippen molar-refractivity contribution in [3.05, 3.63) is 33.8 Å². The number of halogens is 6. The van der Waals surface area contributed by atoms with Crippen LogP contribution in [0.25, 0.3) is 0 Å². The second-order valence-corrected chi connectivity index (χ2v) is 5.90. The molecule has 1 aromatic carbocycles. The molecule has 0 radical (unpaired) electrons. The number of benzene rings is 1. The number of hydrogen-bond donors (Lipinski definition) is 1. The molecule has 1 N–H and O–H groups in total. The maximum atomic E-state index is 12.9. The molecule has 1 atom stereocenters. The lowest BCUT2D eigenvalue weighted by Crippen LogP contribution is -2.45. The molecule has 0 bridgehead atoms. The van der Waals surface area contributed by atoms with E-state index in [0.717, 1.165) is 44.2 Å². The second kappa shape index (κ2) is 9.33. The van der Waals surface area contributed by atoms with Crippen molar-refractivity contribution >= 4 is 40.7 Å². The standard InChI is InChI=1S/C14H18BrF3N2.2ClH/c1-2-13(20-5-3-19-4-6-20)10-7-11(14(16,17)18)9-12(15)8-10;;/h7-9,13,19H,2-6H2,1H3;2*1H/t13-;;/m1../s1. The zero-order valence-corrected chi connectivity index (χ0v) is 15.3. The molecule has 128 valence electrons. The first-order valence-electron chi connectivity index (χ1n) is 6.74. The molecule has 0 aliphatic carbocycles. The Morgan fingerprint density at radius 3 is 2.27 bits per heavy atom. The monoisotopic (exact) mass is 422 g/mol. The maximum absolute atomic E-state index is 12.9. The third kappa shape index (κ3) is 5.57. The minimum absolute atomic E-state index is 0. The quantitative estimate of drug-likeness (QED) is 0.759. The van der Waals surface area contributed by atoms with Gasteiger partial charge in [0.05, 0.1) is 5.56 Å². The molecule has 1 heterocycles. The first-order valence-corrected chi connectivity index (χ1v) is 7.53. The van der Waals surface area contributed by atoms with Gasteiger partial charge in [-0.15, -0.1) is 24.8 Å². The number of rotatable bonds is 3. The molecule has 0 spiro atoms. The van der Waals surface area contributed by atoms with Crippen molar-refractivity contribution in [3.63, 3.8) is 0 Å². The molecule has 1 saturated heterocycles. The predicted molar refractivity (Wildman–Crippen MR) is 91.1 cm³/mol. The Labute approximate surface area is 149 Å². The SMILES string of the molecule is CC[C@H](c1cc(Br)cc(C(F)(F)F)c1)N1CCNCC1.Cl.Cl. The summed E-state index contributed by atoms with van der Waals surface area (Å²) in [5.41, 5.74) is 0.145. The lowest BCUT2D eigenvalue weighted by Gasteiger charge is -2.35. The number of piperazine rings is 1. The summed E-state index contributed by atoms with van der Waals surface area (Å²) in [5, 5.41) is 3.26. The van der Waals surface area contributed by atoms with Gasteiger partial charge in [-0.05, 0) is 30.2 Å². The van der Waals surface area contributed by atoms with E-state index < -0.39 is 11.7 Å². The van der Waals surface area contributed by atoms with E-state index in [4.69, 9.17) is 0 Å².